The quantitative estimate of drug-likeness (QED) is 0.858. The van der Waals surface area contributed by atoms with Crippen LogP contribution in [0.4, 0.5) is 0 Å². The van der Waals surface area contributed by atoms with Crippen LogP contribution < -0.4 is 5.73 Å². The van der Waals surface area contributed by atoms with Crippen LogP contribution in [0, 0.1) is 0 Å². The Morgan fingerprint density at radius 3 is 2.89 bits per heavy atom. The van der Waals surface area contributed by atoms with Gasteiger partial charge in [0.2, 0.25) is 6.10 Å². The summed E-state index contributed by atoms with van der Waals surface area (Å²) in [5, 5.41) is 4.93. The summed E-state index contributed by atoms with van der Waals surface area (Å²) in [6, 6.07) is 11.7. The number of hydrogen-bond acceptors (Lipinski definition) is 4. The minimum absolute atomic E-state index is 0.376. The number of nitrogens with two attached hydrogens (primary N) is 1. The van der Waals surface area contributed by atoms with Crippen LogP contribution in [0.3, 0.4) is 0 Å². The number of rotatable bonds is 2. The number of nitrogens with zero attached hydrogens (tertiary/aromatic N) is 2. The van der Waals surface area contributed by atoms with Crippen molar-refractivity contribution in [2.45, 2.75) is 12.5 Å². The molecule has 0 bridgehead atoms. The van der Waals surface area contributed by atoms with E-state index in [9.17, 15) is 4.79 Å². The lowest BCUT2D eigenvalue weighted by Gasteiger charge is -2.02. The molecule has 1 aliphatic rings. The fourth-order valence-corrected chi connectivity index (χ4v) is 1.91. The fraction of sp³-hybridized carbons (Fsp3) is 0.154. The van der Waals surface area contributed by atoms with E-state index in [2.05, 4.69) is 10.1 Å². The van der Waals surface area contributed by atoms with Gasteiger partial charge in [0, 0.05) is 11.8 Å². The molecule has 1 amide bonds. The lowest BCUT2D eigenvalue weighted by Crippen LogP contribution is -2.28. The van der Waals surface area contributed by atoms with Gasteiger partial charge in [0.25, 0.3) is 5.91 Å². The van der Waals surface area contributed by atoms with Gasteiger partial charge in [-0.1, -0.05) is 29.4 Å². The molecule has 0 spiro atoms. The maximum absolute atomic E-state index is 11.0. The smallest absolute Gasteiger partial charge is 0.261 e. The molecule has 90 valence electrons. The number of carbonyl (C=O) groups excluding carboxylic acids is 1. The second-order valence-electron chi connectivity index (χ2n) is 4.13. The maximum atomic E-state index is 11.0. The average Bonchev–Trinajstić information content (AvgIpc) is 2.88. The molecule has 0 fully saturated rings. The summed E-state index contributed by atoms with van der Waals surface area (Å²) < 4.78 is 0. The van der Waals surface area contributed by atoms with E-state index in [-0.39, 0.29) is 0 Å². The highest BCUT2D eigenvalue weighted by Crippen LogP contribution is 2.18. The van der Waals surface area contributed by atoms with Gasteiger partial charge in [0.05, 0.1) is 11.2 Å². The van der Waals surface area contributed by atoms with Crippen LogP contribution in [0.2, 0.25) is 0 Å². The van der Waals surface area contributed by atoms with Crippen molar-refractivity contribution in [3.05, 3.63) is 42.1 Å². The van der Waals surface area contributed by atoms with Gasteiger partial charge >= 0.3 is 0 Å². The van der Waals surface area contributed by atoms with Crippen LogP contribution in [0.1, 0.15) is 12.1 Å². The van der Waals surface area contributed by atoms with Crippen molar-refractivity contribution < 1.29 is 9.63 Å². The number of para-hydroxylation sites is 1. The summed E-state index contributed by atoms with van der Waals surface area (Å²) in [6.07, 6.45) is -0.297. The molecule has 2 aromatic rings. The Kier molecular flexibility index (Phi) is 2.44. The average molecular weight is 241 g/mol. The predicted octanol–water partition coefficient (Wildman–Crippen LogP) is 1.21. The normalized spacial score (nSPS) is 18.4. The lowest BCUT2D eigenvalue weighted by molar-refractivity contribution is -0.127. The molecular formula is C13H11N3O2. The number of primary amides is 1. The number of pyridine rings is 1. The van der Waals surface area contributed by atoms with Crippen molar-refractivity contribution in [1.29, 1.82) is 0 Å². The van der Waals surface area contributed by atoms with Gasteiger partial charge in [-0.05, 0) is 12.1 Å². The van der Waals surface area contributed by atoms with Crippen LogP contribution in [0.25, 0.3) is 10.9 Å². The molecule has 5 nitrogen and oxygen atoms in total. The number of aromatic nitrogens is 1. The first-order chi connectivity index (χ1) is 8.74. The number of amides is 1. The van der Waals surface area contributed by atoms with Crippen molar-refractivity contribution in [3.8, 4) is 0 Å². The van der Waals surface area contributed by atoms with Crippen molar-refractivity contribution in [2.24, 2.45) is 10.9 Å². The van der Waals surface area contributed by atoms with E-state index >= 15 is 0 Å². The zero-order valence-corrected chi connectivity index (χ0v) is 9.54. The molecular weight excluding hydrogens is 230 g/mol. The molecule has 5 heteroatoms. The molecule has 0 radical (unpaired) electrons. The van der Waals surface area contributed by atoms with Crippen LogP contribution >= 0.6 is 0 Å². The van der Waals surface area contributed by atoms with Crippen molar-refractivity contribution >= 4 is 22.5 Å². The molecule has 1 aliphatic heterocycles. The highest BCUT2D eigenvalue weighted by Gasteiger charge is 2.27. The summed E-state index contributed by atoms with van der Waals surface area (Å²) in [7, 11) is 0. The largest absolute Gasteiger partial charge is 0.382 e. The van der Waals surface area contributed by atoms with E-state index in [1.807, 2.05) is 36.4 Å². The first kappa shape index (κ1) is 10.7. The standard InChI is InChI=1S/C13H11N3O2/c14-13(17)12-7-11(16-18-12)10-6-5-8-3-1-2-4-9(8)15-10/h1-6,12H,7H2,(H2,14,17). The third-order valence-electron chi connectivity index (χ3n) is 2.88. The van der Waals surface area contributed by atoms with Gasteiger partial charge in [0.15, 0.2) is 0 Å². The minimum Gasteiger partial charge on any atom is -0.382 e. The van der Waals surface area contributed by atoms with Crippen LogP contribution in [0.5, 0.6) is 0 Å². The van der Waals surface area contributed by atoms with Crippen molar-refractivity contribution in [2.75, 3.05) is 0 Å². The zero-order chi connectivity index (χ0) is 12.5. The van der Waals surface area contributed by atoms with E-state index in [4.69, 9.17) is 10.6 Å². The van der Waals surface area contributed by atoms with E-state index in [1.54, 1.807) is 0 Å². The molecule has 1 aromatic heterocycles. The van der Waals surface area contributed by atoms with Gasteiger partial charge in [0.1, 0.15) is 5.71 Å². The molecule has 18 heavy (non-hydrogen) atoms. The summed E-state index contributed by atoms with van der Waals surface area (Å²) in [5.41, 5.74) is 7.44. The fourth-order valence-electron chi connectivity index (χ4n) is 1.91. The molecule has 1 unspecified atom stereocenters. The van der Waals surface area contributed by atoms with Gasteiger partial charge in [-0.25, -0.2) is 4.98 Å². The molecule has 1 atom stereocenters. The highest BCUT2D eigenvalue weighted by atomic mass is 16.6. The Morgan fingerprint density at radius 1 is 1.28 bits per heavy atom. The Hall–Kier alpha value is -2.43. The maximum Gasteiger partial charge on any atom is 0.261 e. The first-order valence-electron chi connectivity index (χ1n) is 5.62. The molecule has 0 saturated heterocycles. The monoisotopic (exact) mass is 241 g/mol. The minimum atomic E-state index is -0.673. The number of fused-ring (bicyclic) bond motifs is 1. The molecule has 0 saturated carbocycles. The summed E-state index contributed by atoms with van der Waals surface area (Å²) in [5.74, 6) is -0.505. The van der Waals surface area contributed by atoms with E-state index < -0.39 is 12.0 Å². The Balaban J connectivity index is 1.94. The second kappa shape index (κ2) is 4.10. The van der Waals surface area contributed by atoms with Gasteiger partial charge in [-0.15, -0.1) is 0 Å². The van der Waals surface area contributed by atoms with Crippen LogP contribution in [-0.2, 0) is 9.63 Å². The summed E-state index contributed by atoms with van der Waals surface area (Å²) >= 11 is 0. The molecule has 2 N–H and O–H groups in total. The molecule has 2 heterocycles. The van der Waals surface area contributed by atoms with E-state index in [0.29, 0.717) is 12.1 Å². The van der Waals surface area contributed by atoms with Gasteiger partial charge < -0.3 is 10.6 Å². The van der Waals surface area contributed by atoms with E-state index in [1.165, 1.54) is 0 Å². The molecule has 3 rings (SSSR count). The van der Waals surface area contributed by atoms with Gasteiger partial charge in [-0.3, -0.25) is 4.79 Å². The lowest BCUT2D eigenvalue weighted by atomic mass is 10.1. The van der Waals surface area contributed by atoms with Gasteiger partial charge in [-0.2, -0.15) is 0 Å². The number of hydrogen-bond donors (Lipinski definition) is 1. The van der Waals surface area contributed by atoms with E-state index in [0.717, 1.165) is 16.6 Å². The van der Waals surface area contributed by atoms with Crippen molar-refractivity contribution in [3.63, 3.8) is 0 Å². The number of oxime groups is 1. The summed E-state index contributed by atoms with van der Waals surface area (Å²) in [4.78, 5) is 20.4. The third kappa shape index (κ3) is 1.79. The number of carbonyl (C=O) groups is 1. The summed E-state index contributed by atoms with van der Waals surface area (Å²) in [6.45, 7) is 0. The Morgan fingerprint density at radius 2 is 2.11 bits per heavy atom. The van der Waals surface area contributed by atoms with Crippen LogP contribution in [-0.4, -0.2) is 22.7 Å². The van der Waals surface area contributed by atoms with Crippen LogP contribution in [0.15, 0.2) is 41.6 Å². The predicted molar refractivity (Wildman–Crippen MR) is 67.0 cm³/mol. The molecule has 1 aromatic carbocycles. The third-order valence-corrected chi connectivity index (χ3v) is 2.88. The Labute approximate surface area is 103 Å². The second-order valence-corrected chi connectivity index (χ2v) is 4.13. The topological polar surface area (TPSA) is 77.6 Å². The number of benzene rings is 1. The first-order valence-corrected chi connectivity index (χ1v) is 5.62. The zero-order valence-electron chi connectivity index (χ0n) is 9.54. The van der Waals surface area contributed by atoms with Crippen molar-refractivity contribution in [1.82, 2.24) is 4.98 Å². The Bertz CT molecular complexity index is 651. The molecule has 0 aliphatic carbocycles. The SMILES string of the molecule is NC(=O)C1CC(c2ccc3ccccc3n2)=NO1. The highest BCUT2D eigenvalue weighted by molar-refractivity contribution is 6.03.